The van der Waals surface area contributed by atoms with E-state index in [1.807, 2.05) is 0 Å². The zero-order valence-electron chi connectivity index (χ0n) is 8.37. The van der Waals surface area contributed by atoms with Crippen molar-refractivity contribution in [2.75, 3.05) is 13.1 Å². The van der Waals surface area contributed by atoms with Gasteiger partial charge in [-0.15, -0.1) is 0 Å². The van der Waals surface area contributed by atoms with Crippen LogP contribution in [0.15, 0.2) is 0 Å². The molecule has 0 bridgehead atoms. The summed E-state index contributed by atoms with van der Waals surface area (Å²) < 4.78 is 35.5. The number of hydrogen-bond donors (Lipinski definition) is 1. The summed E-state index contributed by atoms with van der Waals surface area (Å²) in [5.41, 5.74) is 0. The molecule has 0 aromatic heterocycles. The molecule has 0 aromatic rings. The lowest BCUT2D eigenvalue weighted by atomic mass is 10.0. The van der Waals surface area contributed by atoms with E-state index in [0.29, 0.717) is 12.5 Å². The number of halogens is 3. The highest BCUT2D eigenvalue weighted by molar-refractivity contribution is 4.68. The molecule has 84 valence electrons. The molecule has 1 aliphatic rings. The van der Waals surface area contributed by atoms with Gasteiger partial charge in [-0.05, 0) is 25.3 Å². The second-order valence-corrected chi connectivity index (χ2v) is 4.10. The largest absolute Gasteiger partial charge is 0.401 e. The minimum absolute atomic E-state index is 0.458. The van der Waals surface area contributed by atoms with Crippen LogP contribution in [0, 0.1) is 5.92 Å². The second-order valence-electron chi connectivity index (χ2n) is 4.10. The van der Waals surface area contributed by atoms with Gasteiger partial charge in [0.15, 0.2) is 0 Å². The van der Waals surface area contributed by atoms with Crippen LogP contribution in [0.2, 0.25) is 0 Å². The van der Waals surface area contributed by atoms with E-state index in [-0.39, 0.29) is 0 Å². The number of nitrogens with one attached hydrogen (secondary N) is 1. The molecule has 0 amide bonds. The second kappa shape index (κ2) is 5.59. The topological polar surface area (TPSA) is 12.0 Å². The van der Waals surface area contributed by atoms with Crippen LogP contribution in [-0.2, 0) is 0 Å². The quantitative estimate of drug-likeness (QED) is 0.704. The maximum atomic E-state index is 11.8. The first-order valence-corrected chi connectivity index (χ1v) is 5.35. The minimum Gasteiger partial charge on any atom is -0.308 e. The van der Waals surface area contributed by atoms with Gasteiger partial charge >= 0.3 is 6.18 Å². The summed E-state index contributed by atoms with van der Waals surface area (Å²) in [6, 6.07) is 0. The molecule has 0 radical (unpaired) electrons. The highest BCUT2D eigenvalue weighted by Gasteiger charge is 2.26. The third-order valence-electron chi connectivity index (χ3n) is 2.73. The SMILES string of the molecule is FC(F)(F)CNCC1CCCCCC1. The zero-order valence-corrected chi connectivity index (χ0v) is 8.37. The van der Waals surface area contributed by atoms with Gasteiger partial charge in [-0.1, -0.05) is 25.7 Å². The first kappa shape index (κ1) is 11.8. The lowest BCUT2D eigenvalue weighted by Gasteiger charge is -2.15. The summed E-state index contributed by atoms with van der Waals surface area (Å²) >= 11 is 0. The normalized spacial score (nSPS) is 20.8. The van der Waals surface area contributed by atoms with Gasteiger partial charge in [0.05, 0.1) is 6.54 Å². The summed E-state index contributed by atoms with van der Waals surface area (Å²) in [6.45, 7) is -0.316. The van der Waals surface area contributed by atoms with Gasteiger partial charge in [0.25, 0.3) is 0 Å². The third kappa shape index (κ3) is 5.47. The molecule has 1 aliphatic carbocycles. The molecule has 0 spiro atoms. The van der Waals surface area contributed by atoms with Gasteiger partial charge < -0.3 is 5.32 Å². The van der Waals surface area contributed by atoms with Crippen molar-refractivity contribution in [3.05, 3.63) is 0 Å². The summed E-state index contributed by atoms with van der Waals surface area (Å²) in [7, 11) is 0. The van der Waals surface area contributed by atoms with E-state index in [4.69, 9.17) is 0 Å². The first-order valence-electron chi connectivity index (χ1n) is 5.35. The molecule has 1 nitrogen and oxygen atoms in total. The summed E-state index contributed by atoms with van der Waals surface area (Å²) in [5, 5.41) is 2.50. The van der Waals surface area contributed by atoms with Crippen molar-refractivity contribution in [2.45, 2.75) is 44.7 Å². The molecule has 1 rings (SSSR count). The van der Waals surface area contributed by atoms with Crippen molar-refractivity contribution in [3.8, 4) is 0 Å². The van der Waals surface area contributed by atoms with Crippen LogP contribution in [0.1, 0.15) is 38.5 Å². The Morgan fingerprint density at radius 2 is 1.57 bits per heavy atom. The summed E-state index contributed by atoms with van der Waals surface area (Å²) in [6.07, 6.45) is 2.96. The Morgan fingerprint density at radius 1 is 1.00 bits per heavy atom. The number of alkyl halides is 3. The molecule has 0 aromatic carbocycles. The van der Waals surface area contributed by atoms with Crippen LogP contribution in [0.5, 0.6) is 0 Å². The van der Waals surface area contributed by atoms with E-state index in [1.54, 1.807) is 0 Å². The van der Waals surface area contributed by atoms with Crippen molar-refractivity contribution in [1.82, 2.24) is 5.32 Å². The van der Waals surface area contributed by atoms with Crippen molar-refractivity contribution in [2.24, 2.45) is 5.92 Å². The maximum absolute atomic E-state index is 11.8. The molecule has 0 aliphatic heterocycles. The third-order valence-corrected chi connectivity index (χ3v) is 2.73. The Bertz CT molecular complexity index is 148. The lowest BCUT2D eigenvalue weighted by molar-refractivity contribution is -0.125. The fourth-order valence-corrected chi connectivity index (χ4v) is 1.99. The van der Waals surface area contributed by atoms with Crippen LogP contribution in [0.4, 0.5) is 13.2 Å². The van der Waals surface area contributed by atoms with Crippen LogP contribution in [-0.4, -0.2) is 19.3 Å². The lowest BCUT2D eigenvalue weighted by Crippen LogP contribution is -2.32. The Hall–Kier alpha value is -0.250. The Balaban J connectivity index is 2.10. The molecule has 1 N–H and O–H groups in total. The van der Waals surface area contributed by atoms with Crippen molar-refractivity contribution < 1.29 is 13.2 Å². The maximum Gasteiger partial charge on any atom is 0.401 e. The molecule has 0 atom stereocenters. The van der Waals surface area contributed by atoms with Gasteiger partial charge in [0.1, 0.15) is 0 Å². The Labute approximate surface area is 83.1 Å². The number of rotatable bonds is 3. The summed E-state index contributed by atoms with van der Waals surface area (Å²) in [4.78, 5) is 0. The zero-order chi connectivity index (χ0) is 10.4. The highest BCUT2D eigenvalue weighted by atomic mass is 19.4. The predicted octanol–water partition coefficient (Wildman–Crippen LogP) is 3.11. The van der Waals surface area contributed by atoms with Crippen molar-refractivity contribution >= 4 is 0 Å². The van der Waals surface area contributed by atoms with Gasteiger partial charge in [-0.3, -0.25) is 0 Å². The standard InChI is InChI=1S/C10H18F3N/c11-10(12,13)8-14-7-9-5-3-1-2-4-6-9/h9,14H,1-8H2. The minimum atomic E-state index is -4.06. The van der Waals surface area contributed by atoms with E-state index in [2.05, 4.69) is 5.32 Å². The van der Waals surface area contributed by atoms with E-state index >= 15 is 0 Å². The Kier molecular flexibility index (Phi) is 4.72. The van der Waals surface area contributed by atoms with Crippen LogP contribution < -0.4 is 5.32 Å². The van der Waals surface area contributed by atoms with Gasteiger partial charge in [0, 0.05) is 0 Å². The Morgan fingerprint density at radius 3 is 2.07 bits per heavy atom. The van der Waals surface area contributed by atoms with Gasteiger partial charge in [-0.2, -0.15) is 13.2 Å². The fraction of sp³-hybridized carbons (Fsp3) is 1.00. The molecular formula is C10H18F3N. The van der Waals surface area contributed by atoms with E-state index in [9.17, 15) is 13.2 Å². The van der Waals surface area contributed by atoms with Crippen LogP contribution in [0.25, 0.3) is 0 Å². The average Bonchev–Trinajstić information content (AvgIpc) is 2.30. The van der Waals surface area contributed by atoms with E-state index in [1.165, 1.54) is 25.7 Å². The van der Waals surface area contributed by atoms with Gasteiger partial charge in [-0.25, -0.2) is 0 Å². The van der Waals surface area contributed by atoms with Gasteiger partial charge in [0.2, 0.25) is 0 Å². The molecule has 14 heavy (non-hydrogen) atoms. The van der Waals surface area contributed by atoms with Crippen LogP contribution >= 0.6 is 0 Å². The smallest absolute Gasteiger partial charge is 0.308 e. The average molecular weight is 209 g/mol. The van der Waals surface area contributed by atoms with Crippen molar-refractivity contribution in [1.29, 1.82) is 0 Å². The molecule has 4 heteroatoms. The molecule has 0 unspecified atom stereocenters. The molecular weight excluding hydrogens is 191 g/mol. The fourth-order valence-electron chi connectivity index (χ4n) is 1.99. The van der Waals surface area contributed by atoms with Crippen molar-refractivity contribution in [3.63, 3.8) is 0 Å². The summed E-state index contributed by atoms with van der Waals surface area (Å²) in [5.74, 6) is 0.458. The first-order chi connectivity index (χ1) is 6.58. The molecule has 1 fully saturated rings. The molecule has 1 saturated carbocycles. The predicted molar refractivity (Wildman–Crippen MR) is 50.1 cm³/mol. The van der Waals surface area contributed by atoms with E-state index in [0.717, 1.165) is 12.8 Å². The molecule has 0 saturated heterocycles. The van der Waals surface area contributed by atoms with Crippen LogP contribution in [0.3, 0.4) is 0 Å². The monoisotopic (exact) mass is 209 g/mol. The number of hydrogen-bond acceptors (Lipinski definition) is 1. The molecule has 0 heterocycles. The highest BCUT2D eigenvalue weighted by Crippen LogP contribution is 2.22. The van der Waals surface area contributed by atoms with E-state index < -0.39 is 12.7 Å².